The quantitative estimate of drug-likeness (QED) is 0.533. The van der Waals surface area contributed by atoms with Crippen molar-refractivity contribution < 1.29 is 17.6 Å². The van der Waals surface area contributed by atoms with E-state index in [2.05, 4.69) is 21.8 Å². The third kappa shape index (κ3) is 4.82. The first-order valence-electron chi connectivity index (χ1n) is 11.0. The van der Waals surface area contributed by atoms with E-state index in [1.165, 1.54) is 0 Å². The SMILES string of the molecule is CC1(F)CCN(C(=O)c2cnc3c(ccn3-c3ccc(C#CC(C)(C)S(C)(=O)=O)nc3)c2)CC1. The first kappa shape index (κ1) is 23.9. The minimum Gasteiger partial charge on any atom is -0.338 e. The molecule has 4 rings (SSSR count). The summed E-state index contributed by atoms with van der Waals surface area (Å²) in [5.74, 6) is 5.46. The van der Waals surface area contributed by atoms with E-state index in [-0.39, 0.29) is 5.91 Å². The van der Waals surface area contributed by atoms with E-state index < -0.39 is 20.3 Å². The standard InChI is InChI=1S/C25H27FN4O3S/c1-24(2,34(4,32)33)9-7-20-5-6-21(17-27-20)30-12-8-18-15-19(16-28-22(18)30)23(31)29-13-10-25(3,26)11-14-29/h5-6,8,12,15-17H,10-11,13-14H2,1-4H3. The zero-order valence-corrected chi connectivity index (χ0v) is 20.5. The van der Waals surface area contributed by atoms with Gasteiger partial charge in [-0.05, 0) is 63.8 Å². The topological polar surface area (TPSA) is 85.2 Å². The fourth-order valence-corrected chi connectivity index (χ4v) is 3.85. The molecular weight excluding hydrogens is 455 g/mol. The van der Waals surface area contributed by atoms with E-state index in [9.17, 15) is 17.6 Å². The van der Waals surface area contributed by atoms with Crippen molar-refractivity contribution in [3.63, 3.8) is 0 Å². The van der Waals surface area contributed by atoms with Crippen molar-refractivity contribution in [2.45, 2.75) is 44.0 Å². The number of sulfone groups is 1. The zero-order chi connectivity index (χ0) is 24.7. The summed E-state index contributed by atoms with van der Waals surface area (Å²) in [5.41, 5.74) is 1.15. The van der Waals surface area contributed by atoms with Crippen LogP contribution in [0.25, 0.3) is 16.7 Å². The van der Waals surface area contributed by atoms with Gasteiger partial charge in [-0.2, -0.15) is 0 Å². The van der Waals surface area contributed by atoms with Crippen molar-refractivity contribution in [1.82, 2.24) is 19.4 Å². The molecule has 0 spiro atoms. The number of nitrogens with zero attached hydrogens (tertiary/aromatic N) is 4. The molecule has 1 aliphatic rings. The molecule has 0 bridgehead atoms. The second-order valence-corrected chi connectivity index (χ2v) is 12.0. The number of piperidine rings is 1. The second kappa shape index (κ2) is 8.51. The Morgan fingerprint density at radius 1 is 1.15 bits per heavy atom. The van der Waals surface area contributed by atoms with Crippen LogP contribution in [-0.2, 0) is 9.84 Å². The Balaban J connectivity index is 1.54. The molecule has 0 aromatic carbocycles. The number of carbonyl (C=O) groups is 1. The summed E-state index contributed by atoms with van der Waals surface area (Å²) < 4.78 is 38.4. The van der Waals surface area contributed by atoms with Gasteiger partial charge in [0, 0.05) is 37.1 Å². The monoisotopic (exact) mass is 482 g/mol. The van der Waals surface area contributed by atoms with Crippen LogP contribution in [0.2, 0.25) is 0 Å². The van der Waals surface area contributed by atoms with Gasteiger partial charge in [0.25, 0.3) is 5.91 Å². The number of alkyl halides is 1. The highest BCUT2D eigenvalue weighted by Gasteiger charge is 2.32. The Bertz CT molecular complexity index is 1400. The molecule has 0 saturated carbocycles. The lowest BCUT2D eigenvalue weighted by molar-refractivity contribution is 0.0503. The van der Waals surface area contributed by atoms with Crippen LogP contribution in [0.3, 0.4) is 0 Å². The molecule has 1 saturated heterocycles. The third-order valence-corrected chi connectivity index (χ3v) is 8.27. The van der Waals surface area contributed by atoms with Crippen molar-refractivity contribution in [2.75, 3.05) is 19.3 Å². The predicted molar refractivity (Wildman–Crippen MR) is 129 cm³/mol. The van der Waals surface area contributed by atoms with Crippen LogP contribution in [0.15, 0.2) is 42.9 Å². The van der Waals surface area contributed by atoms with Crippen molar-refractivity contribution in [1.29, 1.82) is 0 Å². The average Bonchev–Trinajstić information content (AvgIpc) is 3.20. The fraction of sp³-hybridized carbons (Fsp3) is 0.400. The molecule has 7 nitrogen and oxygen atoms in total. The van der Waals surface area contributed by atoms with Gasteiger partial charge in [0.05, 0.1) is 17.4 Å². The summed E-state index contributed by atoms with van der Waals surface area (Å²) in [6.45, 7) is 5.49. The number of aromatic nitrogens is 3. The van der Waals surface area contributed by atoms with Crippen molar-refractivity contribution >= 4 is 26.8 Å². The van der Waals surface area contributed by atoms with E-state index in [1.54, 1.807) is 50.2 Å². The van der Waals surface area contributed by atoms with Crippen LogP contribution in [0.4, 0.5) is 4.39 Å². The summed E-state index contributed by atoms with van der Waals surface area (Å²) in [6.07, 6.45) is 6.86. The highest BCUT2D eigenvalue weighted by molar-refractivity contribution is 7.92. The lowest BCUT2D eigenvalue weighted by atomic mass is 9.95. The van der Waals surface area contributed by atoms with Gasteiger partial charge >= 0.3 is 0 Å². The minimum absolute atomic E-state index is 0.140. The predicted octanol–water partition coefficient (Wildman–Crippen LogP) is 3.56. The third-order valence-electron chi connectivity index (χ3n) is 6.31. The van der Waals surface area contributed by atoms with Gasteiger partial charge in [-0.25, -0.2) is 22.8 Å². The first-order valence-corrected chi connectivity index (χ1v) is 12.9. The summed E-state index contributed by atoms with van der Waals surface area (Å²) in [7, 11) is -3.32. The van der Waals surface area contributed by atoms with E-state index in [4.69, 9.17) is 0 Å². The molecular formula is C25H27FN4O3S. The average molecular weight is 483 g/mol. The van der Waals surface area contributed by atoms with Crippen molar-refractivity contribution in [3.8, 4) is 17.5 Å². The van der Waals surface area contributed by atoms with E-state index in [1.807, 2.05) is 22.9 Å². The molecule has 178 valence electrons. The lowest BCUT2D eigenvalue weighted by Crippen LogP contribution is -2.43. The molecule has 4 heterocycles. The summed E-state index contributed by atoms with van der Waals surface area (Å²) in [6, 6.07) is 7.22. The zero-order valence-electron chi connectivity index (χ0n) is 19.7. The normalized spacial score (nSPS) is 16.2. The maximum atomic E-state index is 14.1. The molecule has 1 fully saturated rings. The maximum absolute atomic E-state index is 14.1. The molecule has 3 aromatic heterocycles. The van der Waals surface area contributed by atoms with Gasteiger partial charge in [-0.3, -0.25) is 9.36 Å². The molecule has 0 aliphatic carbocycles. The number of rotatable bonds is 3. The van der Waals surface area contributed by atoms with Crippen LogP contribution in [0.1, 0.15) is 49.7 Å². The van der Waals surface area contributed by atoms with Gasteiger partial charge < -0.3 is 4.90 Å². The summed E-state index contributed by atoms with van der Waals surface area (Å²) in [4.78, 5) is 23.4. The van der Waals surface area contributed by atoms with Crippen molar-refractivity contribution in [2.24, 2.45) is 0 Å². The van der Waals surface area contributed by atoms with Crippen LogP contribution < -0.4 is 0 Å². The number of hydrogen-bond donors (Lipinski definition) is 0. The molecule has 3 aromatic rings. The Hall–Kier alpha value is -3.25. The number of carbonyl (C=O) groups excluding carboxylic acids is 1. The van der Waals surface area contributed by atoms with Gasteiger partial charge in [-0.15, -0.1) is 0 Å². The molecule has 0 radical (unpaired) electrons. The van der Waals surface area contributed by atoms with Crippen LogP contribution in [0.5, 0.6) is 0 Å². The molecule has 1 amide bonds. The molecule has 9 heteroatoms. The van der Waals surface area contributed by atoms with Gasteiger partial charge in [0.1, 0.15) is 21.8 Å². The van der Waals surface area contributed by atoms with Crippen LogP contribution >= 0.6 is 0 Å². The molecule has 0 N–H and O–H groups in total. The summed E-state index contributed by atoms with van der Waals surface area (Å²) >= 11 is 0. The van der Waals surface area contributed by atoms with Gasteiger partial charge in [0.15, 0.2) is 9.84 Å². The first-order chi connectivity index (χ1) is 15.9. The molecule has 0 atom stereocenters. The Labute approximate surface area is 198 Å². The highest BCUT2D eigenvalue weighted by Crippen LogP contribution is 2.27. The molecule has 34 heavy (non-hydrogen) atoms. The van der Waals surface area contributed by atoms with Crippen LogP contribution in [-0.4, -0.2) is 63.5 Å². The van der Waals surface area contributed by atoms with Gasteiger partial charge in [0.2, 0.25) is 0 Å². The van der Waals surface area contributed by atoms with E-state index in [0.717, 1.165) is 17.3 Å². The maximum Gasteiger partial charge on any atom is 0.255 e. The number of amides is 1. The number of pyridine rings is 2. The second-order valence-electron chi connectivity index (χ2n) is 9.46. The highest BCUT2D eigenvalue weighted by atomic mass is 32.2. The van der Waals surface area contributed by atoms with E-state index in [0.29, 0.717) is 42.8 Å². The van der Waals surface area contributed by atoms with Crippen molar-refractivity contribution in [3.05, 3.63) is 54.1 Å². The fourth-order valence-electron chi connectivity index (χ4n) is 3.62. The minimum atomic E-state index is -3.32. The number of likely N-dealkylation sites (tertiary alicyclic amines) is 1. The summed E-state index contributed by atoms with van der Waals surface area (Å²) in [5, 5.41) is 0.803. The lowest BCUT2D eigenvalue weighted by Gasteiger charge is -2.34. The smallest absolute Gasteiger partial charge is 0.255 e. The number of halogens is 1. The Morgan fingerprint density at radius 2 is 1.85 bits per heavy atom. The number of hydrogen-bond acceptors (Lipinski definition) is 5. The molecule has 0 unspecified atom stereocenters. The van der Waals surface area contributed by atoms with E-state index >= 15 is 0 Å². The van der Waals surface area contributed by atoms with Crippen LogP contribution in [0, 0.1) is 11.8 Å². The van der Waals surface area contributed by atoms with Gasteiger partial charge in [-0.1, -0.05) is 5.92 Å². The molecule has 1 aliphatic heterocycles. The Kier molecular flexibility index (Phi) is 5.98. The number of fused-ring (bicyclic) bond motifs is 1. The Morgan fingerprint density at radius 3 is 2.47 bits per heavy atom. The largest absolute Gasteiger partial charge is 0.338 e.